The number of nitrogens with two attached hydrogens (primary N) is 1. The first-order chi connectivity index (χ1) is 10.2. The smallest absolute Gasteiger partial charge is 0.175 e. The molecule has 1 saturated heterocycles. The van der Waals surface area contributed by atoms with E-state index in [1.54, 1.807) is 0 Å². The van der Waals surface area contributed by atoms with Gasteiger partial charge in [0.2, 0.25) is 0 Å². The van der Waals surface area contributed by atoms with Gasteiger partial charge >= 0.3 is 0 Å². The molecule has 3 aliphatic rings. The Morgan fingerprint density at radius 1 is 1.14 bits per heavy atom. The molecule has 5 heteroatoms. The molecule has 2 N–H and O–H groups in total. The molecular weight excluding hydrogens is 332 g/mol. The van der Waals surface area contributed by atoms with Crippen molar-refractivity contribution in [1.29, 1.82) is 0 Å². The molecule has 2 aliphatic heterocycles. The second kappa shape index (κ2) is 5.45. The molecule has 0 radical (unpaired) electrons. The number of nitrogens with zero attached hydrogens (tertiary/aromatic N) is 1. The van der Waals surface area contributed by atoms with Crippen molar-refractivity contribution in [2.24, 2.45) is 5.73 Å². The predicted molar refractivity (Wildman–Crippen MR) is 84.8 cm³/mol. The summed E-state index contributed by atoms with van der Waals surface area (Å²) in [5.74, 6) is 1.69. The monoisotopic (exact) mass is 352 g/mol. The summed E-state index contributed by atoms with van der Waals surface area (Å²) in [6.07, 6.45) is 4.63. The van der Waals surface area contributed by atoms with Gasteiger partial charge in [-0.2, -0.15) is 0 Å². The van der Waals surface area contributed by atoms with Gasteiger partial charge in [0.15, 0.2) is 11.5 Å². The Kier molecular flexibility index (Phi) is 3.59. The van der Waals surface area contributed by atoms with Gasteiger partial charge in [-0.15, -0.1) is 0 Å². The van der Waals surface area contributed by atoms with E-state index in [1.807, 2.05) is 0 Å². The fraction of sp³-hybridized carbons (Fsp3) is 0.625. The minimum atomic E-state index is 0.210. The summed E-state index contributed by atoms with van der Waals surface area (Å²) in [7, 11) is 0. The van der Waals surface area contributed by atoms with Gasteiger partial charge in [-0.1, -0.05) is 0 Å². The largest absolute Gasteiger partial charge is 0.490 e. The van der Waals surface area contributed by atoms with Crippen LogP contribution in [0, 0.1) is 0 Å². The summed E-state index contributed by atoms with van der Waals surface area (Å²) < 4.78 is 12.6. The van der Waals surface area contributed by atoms with Crippen molar-refractivity contribution in [3.8, 4) is 11.5 Å². The minimum Gasteiger partial charge on any atom is -0.490 e. The molecule has 0 amide bonds. The molecule has 114 valence electrons. The summed E-state index contributed by atoms with van der Waals surface area (Å²) in [5, 5.41) is 0. The van der Waals surface area contributed by atoms with Gasteiger partial charge in [0.1, 0.15) is 0 Å². The zero-order chi connectivity index (χ0) is 14.4. The van der Waals surface area contributed by atoms with E-state index in [0.717, 1.165) is 41.4 Å². The van der Waals surface area contributed by atoms with Gasteiger partial charge in [-0.25, -0.2) is 0 Å². The molecule has 2 atom stereocenters. The molecule has 0 bridgehead atoms. The Hall–Kier alpha value is -0.780. The fourth-order valence-electron chi connectivity index (χ4n) is 3.52. The van der Waals surface area contributed by atoms with Crippen LogP contribution in [0.3, 0.4) is 0 Å². The molecule has 21 heavy (non-hydrogen) atoms. The second-order valence-corrected chi connectivity index (χ2v) is 7.10. The van der Waals surface area contributed by atoms with Crippen molar-refractivity contribution in [3.05, 3.63) is 22.2 Å². The molecule has 4 rings (SSSR count). The zero-order valence-corrected chi connectivity index (χ0v) is 13.6. The lowest BCUT2D eigenvalue weighted by Gasteiger charge is -2.28. The maximum absolute atomic E-state index is 6.39. The van der Waals surface area contributed by atoms with E-state index in [2.05, 4.69) is 33.0 Å². The molecule has 1 aromatic carbocycles. The van der Waals surface area contributed by atoms with Gasteiger partial charge in [-0.05, 0) is 52.9 Å². The van der Waals surface area contributed by atoms with Crippen LogP contribution in [0.4, 0.5) is 0 Å². The Balaban J connectivity index is 1.71. The lowest BCUT2D eigenvalue weighted by atomic mass is 10.00. The third kappa shape index (κ3) is 2.56. The molecule has 2 heterocycles. The average molecular weight is 353 g/mol. The van der Waals surface area contributed by atoms with E-state index in [1.165, 1.54) is 18.4 Å². The van der Waals surface area contributed by atoms with Gasteiger partial charge in [0, 0.05) is 25.0 Å². The summed E-state index contributed by atoms with van der Waals surface area (Å²) >= 11 is 3.64. The normalized spacial score (nSPS) is 29.4. The third-order valence-corrected chi connectivity index (χ3v) is 5.25. The van der Waals surface area contributed by atoms with Gasteiger partial charge in [-0.3, -0.25) is 4.90 Å². The quantitative estimate of drug-likeness (QED) is 0.888. The molecule has 0 spiro atoms. The summed E-state index contributed by atoms with van der Waals surface area (Å²) in [5.41, 5.74) is 7.65. The number of hydrogen-bond acceptors (Lipinski definition) is 4. The Bertz CT molecular complexity index is 547. The Morgan fingerprint density at radius 2 is 1.95 bits per heavy atom. The number of likely N-dealkylation sites (tertiary alicyclic amines) is 1. The van der Waals surface area contributed by atoms with Crippen LogP contribution in [0.1, 0.15) is 37.3 Å². The first-order valence-corrected chi connectivity index (χ1v) is 8.63. The number of rotatable bonds is 2. The predicted octanol–water partition coefficient (Wildman–Crippen LogP) is 2.85. The number of halogens is 1. The molecule has 4 nitrogen and oxygen atoms in total. The highest BCUT2D eigenvalue weighted by Gasteiger charge is 2.41. The summed E-state index contributed by atoms with van der Waals surface area (Å²) in [4.78, 5) is 2.58. The van der Waals surface area contributed by atoms with E-state index in [0.29, 0.717) is 19.3 Å². The number of benzene rings is 1. The van der Waals surface area contributed by atoms with E-state index in [4.69, 9.17) is 15.2 Å². The van der Waals surface area contributed by atoms with Crippen molar-refractivity contribution in [2.75, 3.05) is 19.8 Å². The van der Waals surface area contributed by atoms with E-state index in [-0.39, 0.29) is 6.04 Å². The van der Waals surface area contributed by atoms with E-state index < -0.39 is 0 Å². The van der Waals surface area contributed by atoms with Crippen LogP contribution in [-0.4, -0.2) is 36.7 Å². The van der Waals surface area contributed by atoms with Gasteiger partial charge in [0.05, 0.1) is 23.7 Å². The molecule has 2 fully saturated rings. The van der Waals surface area contributed by atoms with Crippen molar-refractivity contribution in [2.45, 2.75) is 43.8 Å². The average Bonchev–Trinajstić information content (AvgIpc) is 3.25. The maximum atomic E-state index is 6.39. The first kappa shape index (κ1) is 13.9. The van der Waals surface area contributed by atoms with Crippen LogP contribution >= 0.6 is 15.9 Å². The van der Waals surface area contributed by atoms with Gasteiger partial charge in [0.25, 0.3) is 0 Å². The van der Waals surface area contributed by atoms with Crippen molar-refractivity contribution in [1.82, 2.24) is 4.90 Å². The molecular formula is C16H21BrN2O2. The van der Waals surface area contributed by atoms with Crippen LogP contribution in [0.15, 0.2) is 16.6 Å². The van der Waals surface area contributed by atoms with E-state index in [9.17, 15) is 0 Å². The highest BCUT2D eigenvalue weighted by Crippen LogP contribution is 2.45. The topological polar surface area (TPSA) is 47.7 Å². The van der Waals surface area contributed by atoms with Crippen LogP contribution in [0.25, 0.3) is 0 Å². The number of ether oxygens (including phenoxy) is 2. The molecule has 0 aromatic heterocycles. The van der Waals surface area contributed by atoms with Crippen molar-refractivity contribution < 1.29 is 9.47 Å². The molecule has 1 saturated carbocycles. The summed E-state index contributed by atoms with van der Waals surface area (Å²) in [6, 6.07) is 5.56. The minimum absolute atomic E-state index is 0.210. The van der Waals surface area contributed by atoms with Crippen LogP contribution < -0.4 is 15.2 Å². The lowest BCUT2D eigenvalue weighted by Crippen LogP contribution is -2.33. The van der Waals surface area contributed by atoms with Crippen LogP contribution in [0.2, 0.25) is 0 Å². The van der Waals surface area contributed by atoms with Crippen molar-refractivity contribution in [3.63, 3.8) is 0 Å². The lowest BCUT2D eigenvalue weighted by molar-refractivity contribution is 0.236. The highest BCUT2D eigenvalue weighted by molar-refractivity contribution is 9.10. The summed E-state index contributed by atoms with van der Waals surface area (Å²) in [6.45, 7) is 2.54. The van der Waals surface area contributed by atoms with Crippen molar-refractivity contribution >= 4 is 15.9 Å². The number of fused-ring (bicyclic) bond motifs is 1. The zero-order valence-electron chi connectivity index (χ0n) is 12.1. The maximum Gasteiger partial charge on any atom is 0.175 e. The number of hydrogen-bond donors (Lipinski definition) is 1. The third-order valence-electron chi connectivity index (χ3n) is 4.67. The molecule has 1 aromatic rings. The van der Waals surface area contributed by atoms with Gasteiger partial charge < -0.3 is 15.2 Å². The Morgan fingerprint density at radius 3 is 2.76 bits per heavy atom. The highest BCUT2D eigenvalue weighted by atomic mass is 79.9. The van der Waals surface area contributed by atoms with Crippen LogP contribution in [-0.2, 0) is 0 Å². The Labute approximate surface area is 133 Å². The fourth-order valence-corrected chi connectivity index (χ4v) is 4.09. The van der Waals surface area contributed by atoms with Crippen LogP contribution in [0.5, 0.6) is 11.5 Å². The standard InChI is InChI=1S/C16H21BrN2O2/c17-12-8-10(9-14-16(12)21-7-1-6-20-14)15-13(18)4-5-19(15)11-2-3-11/h8-9,11,13,15H,1-7,18H2. The second-order valence-electron chi connectivity index (χ2n) is 6.25. The first-order valence-electron chi connectivity index (χ1n) is 7.84. The SMILES string of the molecule is NC1CCN(C2CC2)C1c1cc(Br)c2c(c1)OCCCO2. The molecule has 2 unspecified atom stereocenters. The molecule has 1 aliphatic carbocycles. The van der Waals surface area contributed by atoms with E-state index >= 15 is 0 Å².